The van der Waals surface area contributed by atoms with Crippen molar-refractivity contribution in [1.82, 2.24) is 15.6 Å². The first-order chi connectivity index (χ1) is 8.40. The first-order valence-corrected chi connectivity index (χ1v) is 6.15. The lowest BCUT2D eigenvalue weighted by atomic mass is 10.3. The number of carbonyl (C=O) groups excluding carboxylic acids is 1. The van der Waals surface area contributed by atoms with Crippen molar-refractivity contribution in [1.29, 1.82) is 0 Å². The zero-order valence-corrected chi connectivity index (χ0v) is 11.0. The molecule has 0 aromatic carbocycles. The molecule has 1 unspecified atom stereocenters. The normalized spacial score (nSPS) is 11.7. The van der Waals surface area contributed by atoms with E-state index in [2.05, 4.69) is 22.2 Å². The smallest absolute Gasteiger partial charge is 0.355 e. The lowest BCUT2D eigenvalue weighted by Gasteiger charge is -2.12. The molecule has 0 fully saturated rings. The van der Waals surface area contributed by atoms with E-state index in [1.54, 1.807) is 6.92 Å². The van der Waals surface area contributed by atoms with E-state index < -0.39 is 5.97 Å². The molecule has 0 saturated heterocycles. The second-order valence-electron chi connectivity index (χ2n) is 3.88. The Morgan fingerprint density at radius 3 is 2.78 bits per heavy atom. The number of amides is 2. The number of rotatable bonds is 5. The summed E-state index contributed by atoms with van der Waals surface area (Å²) in [4.78, 5) is 26.1. The van der Waals surface area contributed by atoms with Gasteiger partial charge in [-0.1, -0.05) is 12.2 Å². The maximum Gasteiger partial charge on any atom is 0.355 e. The van der Waals surface area contributed by atoms with Crippen molar-refractivity contribution in [3.8, 4) is 0 Å². The zero-order valence-electron chi connectivity index (χ0n) is 10.2. The second kappa shape index (κ2) is 6.15. The zero-order chi connectivity index (χ0) is 13.7. The largest absolute Gasteiger partial charge is 0.476 e. The molecule has 0 aliphatic carbocycles. The molecule has 2 amide bonds. The van der Waals surface area contributed by atoms with E-state index in [1.165, 1.54) is 16.7 Å². The number of nitrogens with zero attached hydrogens (tertiary/aromatic N) is 1. The van der Waals surface area contributed by atoms with Crippen molar-refractivity contribution in [2.24, 2.45) is 0 Å². The molecule has 98 valence electrons. The van der Waals surface area contributed by atoms with Crippen molar-refractivity contribution < 1.29 is 14.7 Å². The molecule has 3 N–H and O–H groups in total. The molecular weight excluding hydrogens is 254 g/mol. The van der Waals surface area contributed by atoms with Gasteiger partial charge in [-0.15, -0.1) is 11.3 Å². The van der Waals surface area contributed by atoms with Gasteiger partial charge in [-0.2, -0.15) is 0 Å². The van der Waals surface area contributed by atoms with E-state index in [0.29, 0.717) is 11.6 Å². The summed E-state index contributed by atoms with van der Waals surface area (Å²) >= 11 is 1.20. The highest BCUT2D eigenvalue weighted by molar-refractivity contribution is 7.09. The molecule has 7 heteroatoms. The number of carboxylic acid groups (broad SMARTS) is 1. The van der Waals surface area contributed by atoms with Crippen LogP contribution in [-0.4, -0.2) is 28.6 Å². The summed E-state index contributed by atoms with van der Waals surface area (Å²) in [5, 5.41) is 16.0. The van der Waals surface area contributed by atoms with Crippen LogP contribution >= 0.6 is 11.3 Å². The first kappa shape index (κ1) is 14.2. The summed E-state index contributed by atoms with van der Waals surface area (Å²) < 4.78 is 0. The topological polar surface area (TPSA) is 91.3 Å². The Balaban J connectivity index is 2.53. The number of nitrogens with one attached hydrogen (secondary N) is 2. The maximum atomic E-state index is 11.5. The number of aromatic nitrogens is 1. The van der Waals surface area contributed by atoms with Crippen LogP contribution in [0.25, 0.3) is 0 Å². The van der Waals surface area contributed by atoms with Gasteiger partial charge < -0.3 is 15.7 Å². The number of carbonyl (C=O) groups is 2. The van der Waals surface area contributed by atoms with Gasteiger partial charge in [0.2, 0.25) is 0 Å². The molecule has 1 aromatic heterocycles. The molecular formula is C11H15N3O3S. The summed E-state index contributed by atoms with van der Waals surface area (Å²) in [6, 6.07) is -0.675. The van der Waals surface area contributed by atoms with Crippen molar-refractivity contribution in [3.63, 3.8) is 0 Å². The van der Waals surface area contributed by atoms with Crippen molar-refractivity contribution in [2.75, 3.05) is 6.54 Å². The summed E-state index contributed by atoms with van der Waals surface area (Å²) in [6.45, 7) is 7.62. The third-order valence-electron chi connectivity index (χ3n) is 2.01. The molecule has 1 heterocycles. The van der Waals surface area contributed by atoms with Crippen LogP contribution in [0.1, 0.15) is 35.4 Å². The number of urea groups is 1. The van der Waals surface area contributed by atoms with E-state index in [0.717, 1.165) is 5.57 Å². The van der Waals surface area contributed by atoms with Gasteiger partial charge in [0.25, 0.3) is 0 Å². The fourth-order valence-electron chi connectivity index (χ4n) is 1.13. The van der Waals surface area contributed by atoms with Gasteiger partial charge in [0, 0.05) is 11.9 Å². The van der Waals surface area contributed by atoms with Crippen LogP contribution in [0.3, 0.4) is 0 Å². The highest BCUT2D eigenvalue weighted by Gasteiger charge is 2.15. The van der Waals surface area contributed by atoms with Crippen LogP contribution in [0.15, 0.2) is 17.5 Å². The Labute approximate surface area is 109 Å². The predicted octanol–water partition coefficient (Wildman–Crippen LogP) is 1.78. The van der Waals surface area contributed by atoms with E-state index in [1.807, 2.05) is 6.92 Å². The lowest BCUT2D eigenvalue weighted by Crippen LogP contribution is -2.37. The van der Waals surface area contributed by atoms with Crippen LogP contribution in [-0.2, 0) is 0 Å². The van der Waals surface area contributed by atoms with E-state index in [9.17, 15) is 9.59 Å². The minimum Gasteiger partial charge on any atom is -0.476 e. The molecule has 6 nitrogen and oxygen atoms in total. The van der Waals surface area contributed by atoms with Gasteiger partial charge in [-0.05, 0) is 13.8 Å². The van der Waals surface area contributed by atoms with Gasteiger partial charge in [-0.3, -0.25) is 0 Å². The molecule has 0 aliphatic rings. The van der Waals surface area contributed by atoms with Gasteiger partial charge in [-0.25, -0.2) is 14.6 Å². The molecule has 0 aliphatic heterocycles. The fraction of sp³-hybridized carbons (Fsp3) is 0.364. The van der Waals surface area contributed by atoms with E-state index in [-0.39, 0.29) is 17.8 Å². The van der Waals surface area contributed by atoms with Gasteiger partial charge in [0.1, 0.15) is 5.01 Å². The average Bonchev–Trinajstić information content (AvgIpc) is 2.75. The molecule has 0 bridgehead atoms. The number of aromatic carboxylic acids is 1. The predicted molar refractivity (Wildman–Crippen MR) is 68.8 cm³/mol. The molecule has 1 aromatic rings. The highest BCUT2D eigenvalue weighted by Crippen LogP contribution is 2.17. The number of thiazole rings is 1. The molecule has 0 saturated carbocycles. The van der Waals surface area contributed by atoms with E-state index >= 15 is 0 Å². The third kappa shape index (κ3) is 4.17. The van der Waals surface area contributed by atoms with Crippen molar-refractivity contribution in [2.45, 2.75) is 19.9 Å². The van der Waals surface area contributed by atoms with Crippen LogP contribution in [0.5, 0.6) is 0 Å². The Bertz CT molecular complexity index is 470. The Morgan fingerprint density at radius 2 is 2.28 bits per heavy atom. The molecule has 1 atom stereocenters. The number of carboxylic acids is 1. The van der Waals surface area contributed by atoms with Crippen LogP contribution in [0, 0.1) is 0 Å². The minimum absolute atomic E-state index is 0.00834. The molecule has 0 spiro atoms. The average molecular weight is 269 g/mol. The molecule has 1 rings (SSSR count). The van der Waals surface area contributed by atoms with Gasteiger partial charge >= 0.3 is 12.0 Å². The van der Waals surface area contributed by atoms with Gasteiger partial charge in [0.05, 0.1) is 6.04 Å². The Kier molecular flexibility index (Phi) is 4.85. The van der Waals surface area contributed by atoms with Crippen LogP contribution < -0.4 is 10.6 Å². The van der Waals surface area contributed by atoms with Crippen LogP contribution in [0.2, 0.25) is 0 Å². The summed E-state index contributed by atoms with van der Waals surface area (Å²) in [5.74, 6) is -1.07. The SMILES string of the molecule is C=C(C)CNC(=O)NC(C)c1nc(C(=O)O)cs1. The van der Waals surface area contributed by atoms with Crippen molar-refractivity contribution >= 4 is 23.3 Å². The monoisotopic (exact) mass is 269 g/mol. The standard InChI is InChI=1S/C11H15N3O3S/c1-6(2)4-12-11(17)13-7(3)9-14-8(5-18-9)10(15)16/h5,7H,1,4H2,2-3H3,(H,15,16)(H2,12,13,17). The summed E-state index contributed by atoms with van der Waals surface area (Å²) in [6.07, 6.45) is 0. The third-order valence-corrected chi connectivity index (χ3v) is 3.04. The molecule has 18 heavy (non-hydrogen) atoms. The quantitative estimate of drug-likeness (QED) is 0.710. The van der Waals surface area contributed by atoms with Crippen LogP contribution in [0.4, 0.5) is 4.79 Å². The highest BCUT2D eigenvalue weighted by atomic mass is 32.1. The Hall–Kier alpha value is -1.89. The van der Waals surface area contributed by atoms with E-state index in [4.69, 9.17) is 5.11 Å². The fourth-order valence-corrected chi connectivity index (χ4v) is 1.93. The van der Waals surface area contributed by atoms with Gasteiger partial charge in [0.15, 0.2) is 5.69 Å². The summed E-state index contributed by atoms with van der Waals surface area (Å²) in [5.41, 5.74) is 0.839. The number of hydrogen-bond donors (Lipinski definition) is 3. The molecule has 0 radical (unpaired) electrons. The summed E-state index contributed by atoms with van der Waals surface area (Å²) in [7, 11) is 0. The maximum absolute atomic E-state index is 11.5. The minimum atomic E-state index is -1.07. The lowest BCUT2D eigenvalue weighted by molar-refractivity contribution is 0.0691. The first-order valence-electron chi connectivity index (χ1n) is 5.27. The Morgan fingerprint density at radius 1 is 1.61 bits per heavy atom. The number of hydrogen-bond acceptors (Lipinski definition) is 4. The van der Waals surface area contributed by atoms with Crippen molar-refractivity contribution in [3.05, 3.63) is 28.2 Å². The second-order valence-corrected chi connectivity index (χ2v) is 4.77.